The summed E-state index contributed by atoms with van der Waals surface area (Å²) in [5.41, 5.74) is 6.36. The van der Waals surface area contributed by atoms with E-state index in [9.17, 15) is 0 Å². The maximum absolute atomic E-state index is 5.12. The Morgan fingerprint density at radius 2 is 1.88 bits per heavy atom. The van der Waals surface area contributed by atoms with Crippen molar-refractivity contribution in [3.8, 4) is 0 Å². The van der Waals surface area contributed by atoms with Crippen molar-refractivity contribution in [1.82, 2.24) is 15.3 Å². The minimum absolute atomic E-state index is 0.529. The fourth-order valence-corrected chi connectivity index (χ4v) is 2.85. The van der Waals surface area contributed by atoms with Crippen LogP contribution < -0.4 is 10.7 Å². The number of fused-ring (bicyclic) bond motifs is 1. The molecule has 0 radical (unpaired) electrons. The molecule has 0 spiro atoms. The summed E-state index contributed by atoms with van der Waals surface area (Å²) in [5, 5.41) is 8.95. The Labute approximate surface area is 147 Å². The number of rotatable bonds is 5. The summed E-state index contributed by atoms with van der Waals surface area (Å²) >= 11 is 5.12. The van der Waals surface area contributed by atoms with Gasteiger partial charge in [-0.3, -0.25) is 5.43 Å². The standard InChI is InChI=1S/C19H20N4S/c1-2-20-19(24)22-21-12-16-14-23(13-15-8-4-3-5-9-15)18-11-7-6-10-17(16)18/h3-12,14H,2,13H2,1H3,(H2,20,22,24). The van der Waals surface area contributed by atoms with Gasteiger partial charge in [-0.25, -0.2) is 0 Å². The van der Waals surface area contributed by atoms with E-state index in [1.807, 2.05) is 25.3 Å². The van der Waals surface area contributed by atoms with Crippen LogP contribution in [0.4, 0.5) is 0 Å². The molecule has 0 bridgehead atoms. The molecule has 0 aliphatic heterocycles. The fourth-order valence-electron chi connectivity index (χ4n) is 2.65. The maximum Gasteiger partial charge on any atom is 0.186 e. The lowest BCUT2D eigenvalue weighted by Crippen LogP contribution is -2.31. The molecule has 0 aliphatic rings. The average Bonchev–Trinajstić information content (AvgIpc) is 2.94. The molecular formula is C19H20N4S. The van der Waals surface area contributed by atoms with Crippen LogP contribution in [0.3, 0.4) is 0 Å². The molecule has 3 rings (SSSR count). The Hall–Kier alpha value is -2.66. The second kappa shape index (κ2) is 7.75. The molecule has 0 unspecified atom stereocenters. The first-order valence-electron chi connectivity index (χ1n) is 7.96. The average molecular weight is 336 g/mol. The summed E-state index contributed by atoms with van der Waals surface area (Å²) in [5.74, 6) is 0. The molecule has 2 N–H and O–H groups in total. The first kappa shape index (κ1) is 16.2. The van der Waals surface area contributed by atoms with Crippen molar-refractivity contribution in [2.45, 2.75) is 13.5 Å². The van der Waals surface area contributed by atoms with Gasteiger partial charge < -0.3 is 9.88 Å². The highest BCUT2D eigenvalue weighted by atomic mass is 32.1. The van der Waals surface area contributed by atoms with Crippen LogP contribution in [0.25, 0.3) is 10.9 Å². The third-order valence-electron chi connectivity index (χ3n) is 3.72. The van der Waals surface area contributed by atoms with E-state index in [-0.39, 0.29) is 0 Å². The van der Waals surface area contributed by atoms with E-state index in [1.165, 1.54) is 16.5 Å². The number of para-hydroxylation sites is 1. The third kappa shape index (κ3) is 3.81. The highest BCUT2D eigenvalue weighted by molar-refractivity contribution is 7.80. The molecule has 5 heteroatoms. The van der Waals surface area contributed by atoms with Crippen molar-refractivity contribution in [3.63, 3.8) is 0 Å². The smallest absolute Gasteiger partial charge is 0.186 e. The third-order valence-corrected chi connectivity index (χ3v) is 3.96. The minimum Gasteiger partial charge on any atom is -0.362 e. The van der Waals surface area contributed by atoms with Crippen LogP contribution >= 0.6 is 12.2 Å². The van der Waals surface area contributed by atoms with Gasteiger partial charge in [-0.05, 0) is 30.8 Å². The van der Waals surface area contributed by atoms with Gasteiger partial charge in [0.25, 0.3) is 0 Å². The second-order valence-electron chi connectivity index (χ2n) is 5.44. The van der Waals surface area contributed by atoms with Gasteiger partial charge in [-0.2, -0.15) is 5.10 Å². The highest BCUT2D eigenvalue weighted by Gasteiger charge is 2.07. The topological polar surface area (TPSA) is 41.4 Å². The molecule has 0 amide bonds. The van der Waals surface area contributed by atoms with Crippen molar-refractivity contribution < 1.29 is 0 Å². The van der Waals surface area contributed by atoms with Gasteiger partial charge in [-0.1, -0.05) is 48.5 Å². The Bertz CT molecular complexity index is 852. The summed E-state index contributed by atoms with van der Waals surface area (Å²) in [6.45, 7) is 3.60. The summed E-state index contributed by atoms with van der Waals surface area (Å²) < 4.78 is 2.24. The monoisotopic (exact) mass is 336 g/mol. The van der Waals surface area contributed by atoms with E-state index in [0.29, 0.717) is 5.11 Å². The number of nitrogens with one attached hydrogen (secondary N) is 2. The van der Waals surface area contributed by atoms with E-state index >= 15 is 0 Å². The van der Waals surface area contributed by atoms with Gasteiger partial charge in [0.05, 0.1) is 6.21 Å². The van der Waals surface area contributed by atoms with Crippen molar-refractivity contribution in [2.24, 2.45) is 5.10 Å². The Morgan fingerprint density at radius 1 is 1.12 bits per heavy atom. The molecule has 0 aliphatic carbocycles. The zero-order valence-electron chi connectivity index (χ0n) is 13.6. The first-order valence-corrected chi connectivity index (χ1v) is 8.37. The van der Waals surface area contributed by atoms with Crippen LogP contribution in [0, 0.1) is 0 Å². The molecule has 1 aromatic heterocycles. The van der Waals surface area contributed by atoms with Gasteiger partial charge in [0.2, 0.25) is 0 Å². The number of hydrogen-bond donors (Lipinski definition) is 2. The number of aromatic nitrogens is 1. The molecule has 0 saturated carbocycles. The number of thiocarbonyl (C=S) groups is 1. The van der Waals surface area contributed by atoms with Crippen LogP contribution in [0.1, 0.15) is 18.1 Å². The fraction of sp³-hybridized carbons (Fsp3) is 0.158. The number of nitrogens with zero attached hydrogens (tertiary/aromatic N) is 2. The van der Waals surface area contributed by atoms with E-state index in [2.05, 4.69) is 69.1 Å². The quantitative estimate of drug-likeness (QED) is 0.426. The van der Waals surface area contributed by atoms with Crippen molar-refractivity contribution in [2.75, 3.05) is 6.54 Å². The number of hydrogen-bond acceptors (Lipinski definition) is 2. The zero-order valence-corrected chi connectivity index (χ0v) is 14.4. The zero-order chi connectivity index (χ0) is 16.8. The molecule has 122 valence electrons. The maximum atomic E-state index is 5.12. The summed E-state index contributed by atoms with van der Waals surface area (Å²) in [6, 6.07) is 18.8. The Morgan fingerprint density at radius 3 is 2.67 bits per heavy atom. The second-order valence-corrected chi connectivity index (χ2v) is 5.85. The predicted molar refractivity (Wildman–Crippen MR) is 104 cm³/mol. The minimum atomic E-state index is 0.529. The predicted octanol–water partition coefficient (Wildman–Crippen LogP) is 3.51. The van der Waals surface area contributed by atoms with Crippen molar-refractivity contribution >= 4 is 34.4 Å². The summed E-state index contributed by atoms with van der Waals surface area (Å²) in [7, 11) is 0. The number of benzene rings is 2. The summed E-state index contributed by atoms with van der Waals surface area (Å²) in [4.78, 5) is 0. The van der Waals surface area contributed by atoms with E-state index in [1.54, 1.807) is 0 Å². The van der Waals surface area contributed by atoms with Crippen LogP contribution in [0.15, 0.2) is 65.9 Å². The largest absolute Gasteiger partial charge is 0.362 e. The SMILES string of the molecule is CCNC(=S)NN=Cc1cn(Cc2ccccc2)c2ccccc12. The lowest BCUT2D eigenvalue weighted by atomic mass is 10.2. The normalized spacial score (nSPS) is 11.0. The number of hydrazone groups is 1. The summed E-state index contributed by atoms with van der Waals surface area (Å²) in [6.07, 6.45) is 3.94. The van der Waals surface area contributed by atoms with Crippen molar-refractivity contribution in [3.05, 3.63) is 71.9 Å². The van der Waals surface area contributed by atoms with Crippen molar-refractivity contribution in [1.29, 1.82) is 0 Å². The Kier molecular flexibility index (Phi) is 5.23. The lowest BCUT2D eigenvalue weighted by molar-refractivity contribution is 0.836. The molecule has 2 aromatic carbocycles. The molecule has 24 heavy (non-hydrogen) atoms. The van der Waals surface area contributed by atoms with Crippen LogP contribution in [0.2, 0.25) is 0 Å². The van der Waals surface area contributed by atoms with Crippen LogP contribution in [-0.2, 0) is 6.54 Å². The lowest BCUT2D eigenvalue weighted by Gasteiger charge is -2.05. The van der Waals surface area contributed by atoms with Gasteiger partial charge in [0, 0.05) is 35.8 Å². The van der Waals surface area contributed by atoms with Gasteiger partial charge in [0.15, 0.2) is 5.11 Å². The van der Waals surface area contributed by atoms with Crippen LogP contribution in [-0.4, -0.2) is 22.4 Å². The molecular weight excluding hydrogens is 316 g/mol. The van der Waals surface area contributed by atoms with Gasteiger partial charge >= 0.3 is 0 Å². The highest BCUT2D eigenvalue weighted by Crippen LogP contribution is 2.21. The Balaban J connectivity index is 1.86. The van der Waals surface area contributed by atoms with E-state index in [4.69, 9.17) is 12.2 Å². The van der Waals surface area contributed by atoms with Crippen LogP contribution in [0.5, 0.6) is 0 Å². The van der Waals surface area contributed by atoms with Gasteiger partial charge in [0.1, 0.15) is 0 Å². The molecule has 1 heterocycles. The molecule has 0 fully saturated rings. The van der Waals surface area contributed by atoms with E-state index < -0.39 is 0 Å². The van der Waals surface area contributed by atoms with Gasteiger partial charge in [-0.15, -0.1) is 0 Å². The molecule has 3 aromatic rings. The molecule has 0 atom stereocenters. The van der Waals surface area contributed by atoms with E-state index in [0.717, 1.165) is 18.7 Å². The molecule has 0 saturated heterocycles. The first-order chi connectivity index (χ1) is 11.8. The molecule has 4 nitrogen and oxygen atoms in total.